The lowest BCUT2D eigenvalue weighted by Gasteiger charge is -2.51. The van der Waals surface area contributed by atoms with Crippen LogP contribution in [0.3, 0.4) is 0 Å². The van der Waals surface area contributed by atoms with Gasteiger partial charge in [0.15, 0.2) is 18.9 Å². The van der Waals surface area contributed by atoms with Crippen LogP contribution in [-0.4, -0.2) is 149 Å². The fourth-order valence-corrected chi connectivity index (χ4v) is 6.77. The van der Waals surface area contributed by atoms with Crippen LogP contribution >= 0.6 is 0 Å². The molecule has 17 heteroatoms. The molecule has 5 aliphatic rings. The fraction of sp³-hybridized carbons (Fsp3) is 0.960. The van der Waals surface area contributed by atoms with Gasteiger partial charge in [-0.2, -0.15) is 0 Å². The van der Waals surface area contributed by atoms with E-state index in [0.29, 0.717) is 6.42 Å². The average molecular weight is 607 g/mol. The fourth-order valence-electron chi connectivity index (χ4n) is 6.77. The van der Waals surface area contributed by atoms with E-state index in [1.165, 1.54) is 6.92 Å². The summed E-state index contributed by atoms with van der Waals surface area (Å²) in [6.45, 7) is 1.09. The summed E-state index contributed by atoms with van der Waals surface area (Å²) in [5.41, 5.74) is 23.0. The molecule has 242 valence electrons. The minimum absolute atomic E-state index is 0.172. The van der Waals surface area contributed by atoms with Crippen molar-refractivity contribution in [3.8, 4) is 0 Å². The molecule has 5 fully saturated rings. The van der Waals surface area contributed by atoms with Crippen molar-refractivity contribution >= 4 is 5.91 Å². The molecular formula is C25H46N6O11. The molecule has 0 bridgehead atoms. The molecule has 3 aliphatic heterocycles. The van der Waals surface area contributed by atoms with Gasteiger partial charge in [-0.1, -0.05) is 0 Å². The van der Waals surface area contributed by atoms with Crippen molar-refractivity contribution in [2.24, 2.45) is 28.9 Å². The third kappa shape index (κ3) is 5.70. The molecule has 3 saturated heterocycles. The highest BCUT2D eigenvalue weighted by atomic mass is 16.8. The number of ether oxygens (including phenoxy) is 5. The molecule has 3 heterocycles. The summed E-state index contributed by atoms with van der Waals surface area (Å²) in [7, 11) is 1.59. The summed E-state index contributed by atoms with van der Waals surface area (Å²) in [5, 5.41) is 58.8. The number of fused-ring (bicyclic) bond motifs is 2. The van der Waals surface area contributed by atoms with Crippen LogP contribution in [0.4, 0.5) is 0 Å². The van der Waals surface area contributed by atoms with Crippen molar-refractivity contribution in [1.82, 2.24) is 10.6 Å². The van der Waals surface area contributed by atoms with E-state index in [0.717, 1.165) is 0 Å². The number of rotatable bonds is 8. The van der Waals surface area contributed by atoms with Crippen LogP contribution in [0.2, 0.25) is 0 Å². The zero-order valence-electron chi connectivity index (χ0n) is 23.6. The number of amides is 1. The molecule has 1 amide bonds. The summed E-state index contributed by atoms with van der Waals surface area (Å²) in [6, 6.07) is -3.77. The van der Waals surface area contributed by atoms with Crippen LogP contribution in [0.5, 0.6) is 0 Å². The highest BCUT2D eigenvalue weighted by molar-refractivity contribution is 5.82. The molecule has 0 aromatic carbocycles. The average Bonchev–Trinajstić information content (AvgIpc) is 3.67. The minimum Gasteiger partial charge on any atom is -0.394 e. The van der Waals surface area contributed by atoms with Crippen LogP contribution < -0.4 is 33.6 Å². The van der Waals surface area contributed by atoms with E-state index in [2.05, 4.69) is 10.6 Å². The number of carbonyl (C=O) groups excluding carboxylic acids is 1. The second-order valence-corrected chi connectivity index (χ2v) is 12.3. The first-order valence-electron chi connectivity index (χ1n) is 14.4. The standard InChI is InChI=1S/C25H46N6O11/c1-7(26)21(37)31-25-5-8(25)15(33)24(39-13(25)6-32)42-23-14(30-2)17(35)20-12(38-23)4-11(29)22(41-20)40-19-10(28)3-9(27)16(34)18(19)36/h7-20,22-24,30,32-36H,3-6,26-29H2,1-2H3,(H,31,37)/t7-,8+,9+,10?,11?,12-,13?,14?,15?,16?,17?,18?,19+,20?,22-,23?,24+,25+/m0/s1. The van der Waals surface area contributed by atoms with Crippen LogP contribution in [0.25, 0.3) is 0 Å². The van der Waals surface area contributed by atoms with Crippen LogP contribution in [0.15, 0.2) is 0 Å². The van der Waals surface area contributed by atoms with Gasteiger partial charge in [0.05, 0.1) is 42.5 Å². The number of hydrogen-bond acceptors (Lipinski definition) is 16. The highest BCUT2D eigenvalue weighted by Gasteiger charge is 2.69. The van der Waals surface area contributed by atoms with Crippen LogP contribution in [0, 0.1) is 5.92 Å². The lowest BCUT2D eigenvalue weighted by Crippen LogP contribution is -2.70. The SMILES string of the molecule is CNC1C(O[C@H]2OC(CO)[C@@]3(NC(=O)[C@H](C)N)C[C@@H]3C2O)O[C@H]2CC(N)[C@@H](O[C@@H]3C(N)C[C@@H](N)C(O)C3O)OC2C1O. The Kier molecular flexibility index (Phi) is 9.48. The first-order valence-corrected chi connectivity index (χ1v) is 14.4. The van der Waals surface area contributed by atoms with Gasteiger partial charge in [-0.15, -0.1) is 0 Å². The number of carbonyl (C=O) groups is 1. The number of aliphatic hydroxyl groups is 5. The van der Waals surface area contributed by atoms with Crippen LogP contribution in [-0.2, 0) is 28.5 Å². The molecule has 2 saturated carbocycles. The van der Waals surface area contributed by atoms with Crippen molar-refractivity contribution < 1.29 is 54.0 Å². The topological polar surface area (TPSA) is 293 Å². The predicted molar refractivity (Wildman–Crippen MR) is 142 cm³/mol. The second kappa shape index (κ2) is 12.3. The highest BCUT2D eigenvalue weighted by Crippen LogP contribution is 2.54. The summed E-state index contributed by atoms with van der Waals surface area (Å²) < 4.78 is 30.1. The number of hydrogen-bond donors (Lipinski definition) is 11. The van der Waals surface area contributed by atoms with Gasteiger partial charge >= 0.3 is 0 Å². The summed E-state index contributed by atoms with van der Waals surface area (Å²) in [6.07, 6.45) is -11.2. The summed E-state index contributed by atoms with van der Waals surface area (Å²) in [5.74, 6) is -0.883. The van der Waals surface area contributed by atoms with E-state index in [1.807, 2.05) is 0 Å². The molecule has 2 aliphatic carbocycles. The van der Waals surface area contributed by atoms with Gasteiger partial charge in [0.2, 0.25) is 5.91 Å². The van der Waals surface area contributed by atoms with Gasteiger partial charge in [-0.25, -0.2) is 0 Å². The Bertz CT molecular complexity index is 968. The van der Waals surface area contributed by atoms with Gasteiger partial charge in [0, 0.05) is 18.0 Å². The maximum atomic E-state index is 12.3. The molecule has 10 unspecified atom stereocenters. The van der Waals surface area contributed by atoms with Gasteiger partial charge in [0.25, 0.3) is 0 Å². The van der Waals surface area contributed by atoms with Crippen LogP contribution in [0.1, 0.15) is 26.2 Å². The van der Waals surface area contributed by atoms with Crippen molar-refractivity contribution in [3.05, 3.63) is 0 Å². The maximum absolute atomic E-state index is 12.3. The molecule has 15 N–H and O–H groups in total. The molecular weight excluding hydrogens is 560 g/mol. The van der Waals surface area contributed by atoms with Gasteiger partial charge < -0.3 is 82.8 Å². The zero-order chi connectivity index (χ0) is 30.7. The lowest BCUT2D eigenvalue weighted by molar-refractivity contribution is -0.368. The quantitative estimate of drug-likeness (QED) is 0.122. The number of nitrogens with one attached hydrogen (secondary N) is 2. The monoisotopic (exact) mass is 606 g/mol. The molecule has 0 aromatic rings. The van der Waals surface area contributed by atoms with Crippen molar-refractivity contribution in [3.63, 3.8) is 0 Å². The van der Waals surface area contributed by atoms with E-state index >= 15 is 0 Å². The Balaban J connectivity index is 1.24. The normalized spacial score (nSPS) is 53.0. The zero-order valence-corrected chi connectivity index (χ0v) is 23.6. The molecule has 18 atom stereocenters. The van der Waals surface area contributed by atoms with E-state index in [4.69, 9.17) is 46.6 Å². The van der Waals surface area contributed by atoms with Crippen molar-refractivity contribution in [1.29, 1.82) is 0 Å². The van der Waals surface area contributed by atoms with E-state index in [-0.39, 0.29) is 12.8 Å². The van der Waals surface area contributed by atoms with Gasteiger partial charge in [-0.05, 0) is 33.2 Å². The van der Waals surface area contributed by atoms with Crippen molar-refractivity contribution in [2.75, 3.05) is 13.7 Å². The third-order valence-corrected chi connectivity index (χ3v) is 9.36. The Hall–Kier alpha value is -1.13. The van der Waals surface area contributed by atoms with E-state index in [1.54, 1.807) is 7.05 Å². The minimum atomic E-state index is -1.35. The molecule has 17 nitrogen and oxygen atoms in total. The van der Waals surface area contributed by atoms with Gasteiger partial charge in [-0.3, -0.25) is 4.79 Å². The Morgan fingerprint density at radius 2 is 1.64 bits per heavy atom. The molecule has 0 radical (unpaired) electrons. The number of likely N-dealkylation sites (N-methyl/N-ethyl adjacent to an activating group) is 1. The molecule has 42 heavy (non-hydrogen) atoms. The Morgan fingerprint density at radius 1 is 0.929 bits per heavy atom. The smallest absolute Gasteiger partial charge is 0.237 e. The molecule has 5 rings (SSSR count). The molecule has 0 spiro atoms. The van der Waals surface area contributed by atoms with E-state index in [9.17, 15) is 30.3 Å². The number of aliphatic hydroxyl groups excluding tert-OH is 5. The first-order chi connectivity index (χ1) is 19.8. The summed E-state index contributed by atoms with van der Waals surface area (Å²) in [4.78, 5) is 12.3. The van der Waals surface area contributed by atoms with Gasteiger partial charge in [0.1, 0.15) is 36.6 Å². The second-order valence-electron chi connectivity index (χ2n) is 12.3. The third-order valence-electron chi connectivity index (χ3n) is 9.36. The lowest BCUT2D eigenvalue weighted by atomic mass is 9.84. The predicted octanol–water partition coefficient (Wildman–Crippen LogP) is -6.42. The summed E-state index contributed by atoms with van der Waals surface area (Å²) >= 11 is 0. The first kappa shape index (κ1) is 32.3. The van der Waals surface area contributed by atoms with Crippen molar-refractivity contribution in [2.45, 2.75) is 130 Å². The maximum Gasteiger partial charge on any atom is 0.237 e. The van der Waals surface area contributed by atoms with E-state index < -0.39 is 122 Å². The number of nitrogens with two attached hydrogens (primary N) is 4. The Morgan fingerprint density at radius 3 is 2.29 bits per heavy atom. The molecule has 0 aromatic heterocycles. The Labute approximate surface area is 243 Å². The largest absolute Gasteiger partial charge is 0.394 e.